The Hall–Kier alpha value is -1.66. The third-order valence-electron chi connectivity index (χ3n) is 2.20. The third kappa shape index (κ3) is 4.80. The lowest BCUT2D eigenvalue weighted by molar-refractivity contribution is 0.170. The third-order valence-corrected chi connectivity index (χ3v) is 2.20. The Bertz CT molecular complexity index is 373. The average Bonchev–Trinajstić information content (AvgIpc) is 2.28. The first kappa shape index (κ1) is 13.4. The number of aliphatic hydroxyl groups is 1. The van der Waals surface area contributed by atoms with Crippen LogP contribution in [-0.2, 0) is 0 Å². The van der Waals surface area contributed by atoms with E-state index >= 15 is 0 Å². The summed E-state index contributed by atoms with van der Waals surface area (Å²) in [4.78, 5) is 10.3. The fourth-order valence-corrected chi connectivity index (χ4v) is 1.37. The molecule has 94 valence electrons. The maximum atomic E-state index is 13.3. The SMILES string of the molecule is NC(=O)NCCNCC(O)c1ccccc1F. The van der Waals surface area contributed by atoms with E-state index in [1.165, 1.54) is 12.1 Å². The second-order valence-corrected chi connectivity index (χ2v) is 3.53. The predicted molar refractivity (Wildman–Crippen MR) is 61.8 cm³/mol. The molecule has 0 saturated carbocycles. The van der Waals surface area contributed by atoms with Crippen LogP contribution in [0.2, 0.25) is 0 Å². The van der Waals surface area contributed by atoms with E-state index in [-0.39, 0.29) is 12.1 Å². The molecule has 0 saturated heterocycles. The van der Waals surface area contributed by atoms with Gasteiger partial charge < -0.3 is 21.5 Å². The van der Waals surface area contributed by atoms with Crippen LogP contribution < -0.4 is 16.4 Å². The number of rotatable bonds is 6. The minimum Gasteiger partial charge on any atom is -0.387 e. The smallest absolute Gasteiger partial charge is 0.312 e. The molecule has 1 rings (SSSR count). The fraction of sp³-hybridized carbons (Fsp3) is 0.364. The van der Waals surface area contributed by atoms with Crippen molar-refractivity contribution in [3.63, 3.8) is 0 Å². The van der Waals surface area contributed by atoms with Crippen LogP contribution in [0.15, 0.2) is 24.3 Å². The van der Waals surface area contributed by atoms with Gasteiger partial charge in [-0.3, -0.25) is 0 Å². The first-order chi connectivity index (χ1) is 8.11. The molecule has 0 fully saturated rings. The lowest BCUT2D eigenvalue weighted by Gasteiger charge is -2.12. The molecule has 1 aromatic rings. The molecule has 0 bridgehead atoms. The minimum absolute atomic E-state index is 0.210. The number of carbonyl (C=O) groups excluding carboxylic acids is 1. The lowest BCUT2D eigenvalue weighted by atomic mass is 10.1. The highest BCUT2D eigenvalue weighted by atomic mass is 19.1. The maximum Gasteiger partial charge on any atom is 0.312 e. The van der Waals surface area contributed by atoms with Gasteiger partial charge in [-0.1, -0.05) is 18.2 Å². The van der Waals surface area contributed by atoms with Gasteiger partial charge in [0.1, 0.15) is 5.82 Å². The summed E-state index contributed by atoms with van der Waals surface area (Å²) in [7, 11) is 0. The molecule has 17 heavy (non-hydrogen) atoms. The van der Waals surface area contributed by atoms with Gasteiger partial charge in [-0.15, -0.1) is 0 Å². The van der Waals surface area contributed by atoms with Crippen molar-refractivity contribution in [2.45, 2.75) is 6.10 Å². The molecular weight excluding hydrogens is 225 g/mol. The van der Waals surface area contributed by atoms with Gasteiger partial charge in [0.25, 0.3) is 0 Å². The van der Waals surface area contributed by atoms with Crippen LogP contribution in [0.4, 0.5) is 9.18 Å². The highest BCUT2D eigenvalue weighted by molar-refractivity contribution is 5.71. The van der Waals surface area contributed by atoms with Crippen molar-refractivity contribution in [2.24, 2.45) is 5.73 Å². The molecule has 6 heteroatoms. The van der Waals surface area contributed by atoms with Crippen molar-refractivity contribution in [1.29, 1.82) is 0 Å². The van der Waals surface area contributed by atoms with Crippen LogP contribution in [0.5, 0.6) is 0 Å². The number of hydrogen-bond acceptors (Lipinski definition) is 3. The van der Waals surface area contributed by atoms with Crippen LogP contribution in [0, 0.1) is 5.82 Å². The van der Waals surface area contributed by atoms with Crippen molar-refractivity contribution in [3.05, 3.63) is 35.6 Å². The van der Waals surface area contributed by atoms with Crippen molar-refractivity contribution in [2.75, 3.05) is 19.6 Å². The van der Waals surface area contributed by atoms with Crippen LogP contribution in [-0.4, -0.2) is 30.8 Å². The number of nitrogens with two attached hydrogens (primary N) is 1. The zero-order valence-electron chi connectivity index (χ0n) is 9.32. The molecule has 5 nitrogen and oxygen atoms in total. The average molecular weight is 241 g/mol. The second-order valence-electron chi connectivity index (χ2n) is 3.53. The summed E-state index contributed by atoms with van der Waals surface area (Å²) in [6.45, 7) is 1.02. The summed E-state index contributed by atoms with van der Waals surface area (Å²) < 4.78 is 13.3. The molecule has 0 spiro atoms. The summed E-state index contributed by atoms with van der Waals surface area (Å²) in [6.07, 6.45) is -0.912. The number of primary amides is 1. The van der Waals surface area contributed by atoms with E-state index in [0.717, 1.165) is 0 Å². The van der Waals surface area contributed by atoms with Gasteiger partial charge in [-0.25, -0.2) is 9.18 Å². The van der Waals surface area contributed by atoms with E-state index in [2.05, 4.69) is 10.6 Å². The molecule has 0 aliphatic carbocycles. The highest BCUT2D eigenvalue weighted by Crippen LogP contribution is 2.15. The van der Waals surface area contributed by atoms with Gasteiger partial charge in [-0.05, 0) is 6.07 Å². The van der Waals surface area contributed by atoms with E-state index in [1.807, 2.05) is 0 Å². The van der Waals surface area contributed by atoms with Crippen LogP contribution in [0.25, 0.3) is 0 Å². The molecule has 2 amide bonds. The Morgan fingerprint density at radius 3 is 2.76 bits per heavy atom. The van der Waals surface area contributed by atoms with Crippen molar-refractivity contribution >= 4 is 6.03 Å². The molecule has 1 aromatic carbocycles. The number of hydrogen-bond donors (Lipinski definition) is 4. The first-order valence-electron chi connectivity index (χ1n) is 5.27. The van der Waals surface area contributed by atoms with E-state index in [4.69, 9.17) is 5.73 Å². The zero-order chi connectivity index (χ0) is 12.7. The summed E-state index contributed by atoms with van der Waals surface area (Å²) in [5, 5.41) is 15.0. The highest BCUT2D eigenvalue weighted by Gasteiger charge is 2.10. The van der Waals surface area contributed by atoms with Gasteiger partial charge in [0.15, 0.2) is 0 Å². The Morgan fingerprint density at radius 2 is 2.12 bits per heavy atom. The molecular formula is C11H16FN3O2. The maximum absolute atomic E-state index is 13.3. The number of benzene rings is 1. The molecule has 0 radical (unpaired) electrons. The number of urea groups is 1. The molecule has 1 unspecified atom stereocenters. The Kier molecular flexibility index (Phi) is 5.38. The van der Waals surface area contributed by atoms with Crippen molar-refractivity contribution < 1.29 is 14.3 Å². The number of aliphatic hydroxyl groups excluding tert-OH is 1. The van der Waals surface area contributed by atoms with Crippen LogP contribution in [0.3, 0.4) is 0 Å². The summed E-state index contributed by atoms with van der Waals surface area (Å²) in [6, 6.07) is 5.46. The number of halogens is 1. The largest absolute Gasteiger partial charge is 0.387 e. The van der Waals surface area contributed by atoms with Gasteiger partial charge >= 0.3 is 6.03 Å². The summed E-state index contributed by atoms with van der Waals surface area (Å²) >= 11 is 0. The number of amides is 2. The van der Waals surface area contributed by atoms with E-state index in [0.29, 0.717) is 13.1 Å². The molecule has 0 heterocycles. The molecule has 0 aromatic heterocycles. The molecule has 1 atom stereocenters. The topological polar surface area (TPSA) is 87.4 Å². The van der Waals surface area contributed by atoms with Gasteiger partial charge in [0, 0.05) is 25.2 Å². The first-order valence-corrected chi connectivity index (χ1v) is 5.27. The number of nitrogens with one attached hydrogen (secondary N) is 2. The van der Waals surface area contributed by atoms with E-state index < -0.39 is 18.0 Å². The predicted octanol–water partition coefficient (Wildman–Crippen LogP) is 0.117. The summed E-state index contributed by atoms with van der Waals surface area (Å²) in [5.41, 5.74) is 5.12. The molecule has 0 aliphatic rings. The Balaban J connectivity index is 2.28. The van der Waals surface area contributed by atoms with Gasteiger partial charge in [0.2, 0.25) is 0 Å². The quantitative estimate of drug-likeness (QED) is 0.533. The van der Waals surface area contributed by atoms with Gasteiger partial charge in [0.05, 0.1) is 6.10 Å². The second kappa shape index (κ2) is 6.82. The molecule has 5 N–H and O–H groups in total. The normalized spacial score (nSPS) is 12.1. The summed E-state index contributed by atoms with van der Waals surface area (Å²) in [5.74, 6) is -0.433. The lowest BCUT2D eigenvalue weighted by Crippen LogP contribution is -2.36. The van der Waals surface area contributed by atoms with Crippen molar-refractivity contribution in [3.8, 4) is 0 Å². The van der Waals surface area contributed by atoms with E-state index in [1.54, 1.807) is 12.1 Å². The van der Waals surface area contributed by atoms with E-state index in [9.17, 15) is 14.3 Å². The fourth-order valence-electron chi connectivity index (χ4n) is 1.37. The zero-order valence-corrected chi connectivity index (χ0v) is 9.32. The Labute approximate surface area is 98.8 Å². The number of carbonyl (C=O) groups is 1. The monoisotopic (exact) mass is 241 g/mol. The van der Waals surface area contributed by atoms with Gasteiger partial charge in [-0.2, -0.15) is 0 Å². The van der Waals surface area contributed by atoms with Crippen LogP contribution in [0.1, 0.15) is 11.7 Å². The molecule has 0 aliphatic heterocycles. The Morgan fingerprint density at radius 1 is 1.41 bits per heavy atom. The van der Waals surface area contributed by atoms with Crippen molar-refractivity contribution in [1.82, 2.24) is 10.6 Å². The standard InChI is InChI=1S/C11H16FN3O2/c12-9-4-2-1-3-8(9)10(16)7-14-5-6-15-11(13)17/h1-4,10,14,16H,5-7H2,(H3,13,15,17). The van der Waals surface area contributed by atoms with Crippen LogP contribution >= 0.6 is 0 Å². The minimum atomic E-state index is -0.912.